The molecule has 1 aliphatic rings. The van der Waals surface area contributed by atoms with Gasteiger partial charge < -0.3 is 5.73 Å². The zero-order valence-electron chi connectivity index (χ0n) is 11.9. The van der Waals surface area contributed by atoms with Crippen molar-refractivity contribution in [3.63, 3.8) is 0 Å². The second-order valence-electron chi connectivity index (χ2n) is 6.19. The predicted octanol–water partition coefficient (Wildman–Crippen LogP) is 3.20. The zero-order valence-corrected chi connectivity index (χ0v) is 11.9. The molecule has 2 N–H and O–H groups in total. The van der Waals surface area contributed by atoms with E-state index in [0.717, 1.165) is 13.1 Å². The summed E-state index contributed by atoms with van der Waals surface area (Å²) in [6.45, 7) is 8.97. The van der Waals surface area contributed by atoms with Gasteiger partial charge in [-0.2, -0.15) is 0 Å². The van der Waals surface area contributed by atoms with Gasteiger partial charge in [-0.1, -0.05) is 30.3 Å². The monoisotopic (exact) mass is 246 g/mol. The molecule has 0 bridgehead atoms. The molecular weight excluding hydrogens is 220 g/mol. The van der Waals surface area contributed by atoms with Crippen LogP contribution in [0.15, 0.2) is 30.3 Å². The van der Waals surface area contributed by atoms with E-state index in [2.05, 4.69) is 56.0 Å². The number of nitrogens with zero attached hydrogens (tertiary/aromatic N) is 1. The highest BCUT2D eigenvalue weighted by molar-refractivity contribution is 5.19. The molecule has 1 aromatic carbocycles. The van der Waals surface area contributed by atoms with Gasteiger partial charge in [0.05, 0.1) is 0 Å². The Hall–Kier alpha value is -0.860. The van der Waals surface area contributed by atoms with Crippen LogP contribution in [0, 0.1) is 5.92 Å². The summed E-state index contributed by atoms with van der Waals surface area (Å²) in [6.07, 6.45) is 2.51. The summed E-state index contributed by atoms with van der Waals surface area (Å²) in [5.41, 5.74) is 7.55. The highest BCUT2D eigenvalue weighted by Gasteiger charge is 2.36. The number of hydrogen-bond donors (Lipinski definition) is 1. The minimum Gasteiger partial charge on any atom is -0.330 e. The van der Waals surface area contributed by atoms with Crippen molar-refractivity contribution in [2.45, 2.75) is 45.2 Å². The Morgan fingerprint density at radius 3 is 2.61 bits per heavy atom. The minimum atomic E-state index is 0.279. The van der Waals surface area contributed by atoms with E-state index < -0.39 is 0 Å². The van der Waals surface area contributed by atoms with Crippen LogP contribution in [0.3, 0.4) is 0 Å². The van der Waals surface area contributed by atoms with Crippen molar-refractivity contribution in [2.24, 2.45) is 11.7 Å². The minimum absolute atomic E-state index is 0.279. The molecule has 1 saturated heterocycles. The third-order valence-electron chi connectivity index (χ3n) is 4.48. The van der Waals surface area contributed by atoms with E-state index in [1.807, 2.05) is 0 Å². The average molecular weight is 246 g/mol. The summed E-state index contributed by atoms with van der Waals surface area (Å²) in [7, 11) is 0. The van der Waals surface area contributed by atoms with Crippen molar-refractivity contribution in [3.05, 3.63) is 35.9 Å². The molecular formula is C16H26N2. The van der Waals surface area contributed by atoms with Gasteiger partial charge in [-0.15, -0.1) is 0 Å². The lowest BCUT2D eigenvalue weighted by molar-refractivity contribution is 0.0139. The van der Waals surface area contributed by atoms with E-state index in [9.17, 15) is 0 Å². The molecule has 1 heterocycles. The largest absolute Gasteiger partial charge is 0.330 e. The van der Waals surface area contributed by atoms with E-state index in [1.165, 1.54) is 18.4 Å². The lowest BCUT2D eigenvalue weighted by atomic mass is 9.83. The van der Waals surface area contributed by atoms with Gasteiger partial charge in [-0.05, 0) is 51.6 Å². The third kappa shape index (κ3) is 2.76. The van der Waals surface area contributed by atoms with Crippen molar-refractivity contribution in [2.75, 3.05) is 13.1 Å². The third-order valence-corrected chi connectivity index (χ3v) is 4.48. The Bertz CT molecular complexity index is 372. The average Bonchev–Trinajstić information content (AvgIpc) is 2.39. The van der Waals surface area contributed by atoms with E-state index in [-0.39, 0.29) is 5.54 Å². The lowest BCUT2D eigenvalue weighted by Gasteiger charge is -2.48. The van der Waals surface area contributed by atoms with E-state index in [4.69, 9.17) is 5.73 Å². The van der Waals surface area contributed by atoms with Crippen LogP contribution in [0.25, 0.3) is 0 Å². The van der Waals surface area contributed by atoms with E-state index in [1.54, 1.807) is 0 Å². The standard InChI is InChI=1S/C16H26N2/c1-13(15-7-5-4-6-8-15)18-12-14(11-17)9-10-16(18,2)3/h4-8,13-14H,9-12,17H2,1-3H3. The molecule has 2 heteroatoms. The number of benzene rings is 1. The van der Waals surface area contributed by atoms with Gasteiger partial charge in [0, 0.05) is 18.1 Å². The summed E-state index contributed by atoms with van der Waals surface area (Å²) < 4.78 is 0. The summed E-state index contributed by atoms with van der Waals surface area (Å²) in [6, 6.07) is 11.3. The van der Waals surface area contributed by atoms with E-state index >= 15 is 0 Å². The van der Waals surface area contributed by atoms with Crippen LogP contribution in [0.4, 0.5) is 0 Å². The maximum atomic E-state index is 5.87. The zero-order chi connectivity index (χ0) is 13.2. The smallest absolute Gasteiger partial charge is 0.0325 e. The Kier molecular flexibility index (Phi) is 4.08. The first-order valence-corrected chi connectivity index (χ1v) is 7.06. The molecule has 2 rings (SSSR count). The van der Waals surface area contributed by atoms with Crippen molar-refractivity contribution in [3.8, 4) is 0 Å². The van der Waals surface area contributed by atoms with Crippen LogP contribution in [-0.4, -0.2) is 23.5 Å². The molecule has 0 amide bonds. The molecule has 1 aliphatic heterocycles. The molecule has 0 saturated carbocycles. The number of likely N-dealkylation sites (tertiary alicyclic amines) is 1. The van der Waals surface area contributed by atoms with Crippen LogP contribution in [0.2, 0.25) is 0 Å². The molecule has 2 nitrogen and oxygen atoms in total. The van der Waals surface area contributed by atoms with Crippen LogP contribution in [-0.2, 0) is 0 Å². The molecule has 0 spiro atoms. The van der Waals surface area contributed by atoms with Crippen LogP contribution in [0.1, 0.15) is 45.2 Å². The molecule has 18 heavy (non-hydrogen) atoms. The van der Waals surface area contributed by atoms with Crippen molar-refractivity contribution in [1.82, 2.24) is 4.90 Å². The lowest BCUT2D eigenvalue weighted by Crippen LogP contribution is -2.52. The number of rotatable bonds is 3. The highest BCUT2D eigenvalue weighted by atomic mass is 15.2. The van der Waals surface area contributed by atoms with Gasteiger partial charge in [0.25, 0.3) is 0 Å². The molecule has 1 fully saturated rings. The van der Waals surface area contributed by atoms with Crippen molar-refractivity contribution in [1.29, 1.82) is 0 Å². The Morgan fingerprint density at radius 2 is 2.00 bits per heavy atom. The quantitative estimate of drug-likeness (QED) is 0.887. The summed E-state index contributed by atoms with van der Waals surface area (Å²) in [4.78, 5) is 2.63. The number of hydrogen-bond acceptors (Lipinski definition) is 2. The predicted molar refractivity (Wildman–Crippen MR) is 77.4 cm³/mol. The second-order valence-corrected chi connectivity index (χ2v) is 6.19. The van der Waals surface area contributed by atoms with Crippen LogP contribution < -0.4 is 5.73 Å². The van der Waals surface area contributed by atoms with Gasteiger partial charge in [0.2, 0.25) is 0 Å². The van der Waals surface area contributed by atoms with Gasteiger partial charge >= 0.3 is 0 Å². The fourth-order valence-corrected chi connectivity index (χ4v) is 3.10. The first kappa shape index (κ1) is 13.6. The number of piperidine rings is 1. The first-order chi connectivity index (χ1) is 8.54. The molecule has 2 atom stereocenters. The van der Waals surface area contributed by atoms with Crippen molar-refractivity contribution < 1.29 is 0 Å². The molecule has 0 aromatic heterocycles. The summed E-state index contributed by atoms with van der Waals surface area (Å²) in [5.74, 6) is 0.657. The van der Waals surface area contributed by atoms with Gasteiger partial charge in [0.1, 0.15) is 0 Å². The van der Waals surface area contributed by atoms with Crippen LogP contribution >= 0.6 is 0 Å². The topological polar surface area (TPSA) is 29.3 Å². The normalized spacial score (nSPS) is 25.9. The molecule has 1 aromatic rings. The maximum Gasteiger partial charge on any atom is 0.0325 e. The summed E-state index contributed by atoms with van der Waals surface area (Å²) >= 11 is 0. The van der Waals surface area contributed by atoms with E-state index in [0.29, 0.717) is 12.0 Å². The fourth-order valence-electron chi connectivity index (χ4n) is 3.10. The van der Waals surface area contributed by atoms with Gasteiger partial charge in [0.15, 0.2) is 0 Å². The SMILES string of the molecule is CC(c1ccccc1)N1CC(CN)CCC1(C)C. The molecule has 2 unspecified atom stereocenters. The van der Waals surface area contributed by atoms with Crippen LogP contribution in [0.5, 0.6) is 0 Å². The molecule has 100 valence electrons. The first-order valence-electron chi connectivity index (χ1n) is 7.06. The van der Waals surface area contributed by atoms with Gasteiger partial charge in [-0.3, -0.25) is 4.90 Å². The Labute approximate surface area is 111 Å². The van der Waals surface area contributed by atoms with Gasteiger partial charge in [-0.25, -0.2) is 0 Å². The maximum absolute atomic E-state index is 5.87. The Balaban J connectivity index is 2.18. The highest BCUT2D eigenvalue weighted by Crippen LogP contribution is 2.36. The fraction of sp³-hybridized carbons (Fsp3) is 0.625. The van der Waals surface area contributed by atoms with Crippen molar-refractivity contribution >= 4 is 0 Å². The summed E-state index contributed by atoms with van der Waals surface area (Å²) in [5, 5.41) is 0. The second kappa shape index (κ2) is 5.41. The Morgan fingerprint density at radius 1 is 1.33 bits per heavy atom. The molecule has 0 radical (unpaired) electrons. The molecule has 0 aliphatic carbocycles. The number of nitrogens with two attached hydrogens (primary N) is 1.